The van der Waals surface area contributed by atoms with E-state index >= 15 is 0 Å². The molecule has 1 aliphatic heterocycles. The number of benzene rings is 1. The van der Waals surface area contributed by atoms with Gasteiger partial charge in [0, 0.05) is 50.0 Å². The van der Waals surface area contributed by atoms with Crippen molar-refractivity contribution < 1.29 is 5.11 Å². The summed E-state index contributed by atoms with van der Waals surface area (Å²) in [4.78, 5) is 9.71. The number of aryl methyl sites for hydroxylation is 2. The number of hydrogen-bond donors (Lipinski definition) is 1. The van der Waals surface area contributed by atoms with Gasteiger partial charge in [0.2, 0.25) is 0 Å². The second-order valence-electron chi connectivity index (χ2n) is 7.47. The van der Waals surface area contributed by atoms with Crippen LogP contribution in [0.4, 0.5) is 5.82 Å². The van der Waals surface area contributed by atoms with Crippen LogP contribution in [0.2, 0.25) is 0 Å². The number of aliphatic hydroxyl groups is 1. The van der Waals surface area contributed by atoms with Crippen LogP contribution in [0.1, 0.15) is 24.7 Å². The average Bonchev–Trinajstić information content (AvgIpc) is 3.05. The molecule has 0 aliphatic carbocycles. The fourth-order valence-electron chi connectivity index (χ4n) is 4.05. The maximum atomic E-state index is 9.20. The van der Waals surface area contributed by atoms with Crippen molar-refractivity contribution in [2.75, 3.05) is 44.2 Å². The molecule has 4 rings (SSSR count). The van der Waals surface area contributed by atoms with E-state index in [1.54, 1.807) is 0 Å². The molecule has 6 nitrogen and oxygen atoms in total. The lowest BCUT2D eigenvalue weighted by atomic mass is 10.1. The number of aliphatic hydroxyl groups excluding tert-OH is 1. The summed E-state index contributed by atoms with van der Waals surface area (Å²) >= 11 is 0. The van der Waals surface area contributed by atoms with Crippen LogP contribution in [0.3, 0.4) is 0 Å². The summed E-state index contributed by atoms with van der Waals surface area (Å²) in [5, 5.41) is 14.1. The Morgan fingerprint density at radius 1 is 1.07 bits per heavy atom. The van der Waals surface area contributed by atoms with E-state index in [0.717, 1.165) is 79.5 Å². The zero-order chi connectivity index (χ0) is 19.5. The fourth-order valence-corrected chi connectivity index (χ4v) is 4.05. The van der Waals surface area contributed by atoms with Crippen molar-refractivity contribution in [1.82, 2.24) is 19.5 Å². The number of β-amino-alcohol motifs (C(OH)–C–C–N with tert-alkyl or cyclic N) is 1. The normalized spacial score (nSPS) is 15.5. The van der Waals surface area contributed by atoms with Gasteiger partial charge in [-0.1, -0.05) is 43.7 Å². The van der Waals surface area contributed by atoms with Crippen molar-refractivity contribution in [3.63, 3.8) is 0 Å². The minimum absolute atomic E-state index is 0.221. The molecule has 1 aromatic carbocycles. The van der Waals surface area contributed by atoms with Gasteiger partial charge >= 0.3 is 0 Å². The van der Waals surface area contributed by atoms with E-state index < -0.39 is 0 Å². The van der Waals surface area contributed by atoms with E-state index in [1.165, 1.54) is 0 Å². The van der Waals surface area contributed by atoms with Gasteiger partial charge in [-0.15, -0.1) is 0 Å². The van der Waals surface area contributed by atoms with Crippen LogP contribution in [0.25, 0.3) is 16.8 Å². The number of anilines is 1. The highest BCUT2D eigenvalue weighted by Crippen LogP contribution is 2.30. The number of aromatic nitrogens is 3. The molecule has 0 amide bonds. The number of nitrogens with zero attached hydrogens (tertiary/aromatic N) is 5. The standard InChI is InChI=1S/C22H29N5O/c1-3-7-19-16-20(26-12-10-25(11-13-26)14-15-28)27-22(23-19)21(17(2)24-27)18-8-5-4-6-9-18/h4-6,8-9,16,28H,3,7,10-15H2,1-2H3. The van der Waals surface area contributed by atoms with Crippen LogP contribution in [0.15, 0.2) is 36.4 Å². The van der Waals surface area contributed by atoms with E-state index in [0.29, 0.717) is 0 Å². The van der Waals surface area contributed by atoms with Gasteiger partial charge in [0.05, 0.1) is 12.3 Å². The molecule has 0 spiro atoms. The third-order valence-corrected chi connectivity index (χ3v) is 5.48. The molecule has 0 saturated carbocycles. The van der Waals surface area contributed by atoms with E-state index in [1.807, 2.05) is 10.6 Å². The molecule has 2 aromatic heterocycles. The maximum absolute atomic E-state index is 9.20. The third kappa shape index (κ3) is 3.62. The van der Waals surface area contributed by atoms with Gasteiger partial charge in [-0.05, 0) is 18.9 Å². The summed E-state index contributed by atoms with van der Waals surface area (Å²) in [5.74, 6) is 1.13. The molecule has 1 aliphatic rings. The Hall–Kier alpha value is -2.44. The van der Waals surface area contributed by atoms with Crippen molar-refractivity contribution in [2.24, 2.45) is 0 Å². The summed E-state index contributed by atoms with van der Waals surface area (Å²) in [7, 11) is 0. The highest BCUT2D eigenvalue weighted by Gasteiger charge is 2.22. The van der Waals surface area contributed by atoms with Crippen molar-refractivity contribution >= 4 is 11.5 Å². The zero-order valence-corrected chi connectivity index (χ0v) is 16.8. The van der Waals surface area contributed by atoms with E-state index in [2.05, 4.69) is 54.0 Å². The zero-order valence-electron chi connectivity index (χ0n) is 16.8. The van der Waals surface area contributed by atoms with Gasteiger partial charge in [0.15, 0.2) is 5.65 Å². The Bertz CT molecular complexity index is 929. The van der Waals surface area contributed by atoms with Gasteiger partial charge in [-0.3, -0.25) is 4.90 Å². The average molecular weight is 380 g/mol. The summed E-state index contributed by atoms with van der Waals surface area (Å²) in [5.41, 5.74) is 5.36. The molecule has 1 fully saturated rings. The largest absolute Gasteiger partial charge is 0.395 e. The molecule has 0 unspecified atom stereocenters. The number of rotatable bonds is 6. The number of fused-ring (bicyclic) bond motifs is 1. The van der Waals surface area contributed by atoms with Gasteiger partial charge < -0.3 is 10.0 Å². The van der Waals surface area contributed by atoms with Gasteiger partial charge in [0.1, 0.15) is 5.82 Å². The third-order valence-electron chi connectivity index (χ3n) is 5.48. The minimum atomic E-state index is 0.221. The molecule has 148 valence electrons. The number of piperazine rings is 1. The van der Waals surface area contributed by atoms with Gasteiger partial charge in [-0.25, -0.2) is 4.98 Å². The van der Waals surface area contributed by atoms with Gasteiger partial charge in [0.25, 0.3) is 0 Å². The lowest BCUT2D eigenvalue weighted by molar-refractivity contribution is 0.188. The Morgan fingerprint density at radius 2 is 1.82 bits per heavy atom. The summed E-state index contributed by atoms with van der Waals surface area (Å²) < 4.78 is 2.03. The minimum Gasteiger partial charge on any atom is -0.395 e. The molecule has 6 heteroatoms. The first-order valence-corrected chi connectivity index (χ1v) is 10.2. The second-order valence-corrected chi connectivity index (χ2v) is 7.47. The lowest BCUT2D eigenvalue weighted by Crippen LogP contribution is -2.47. The molecule has 28 heavy (non-hydrogen) atoms. The highest BCUT2D eigenvalue weighted by molar-refractivity contribution is 5.81. The Kier molecular flexibility index (Phi) is 5.59. The Labute approximate surface area is 166 Å². The summed E-state index contributed by atoms with van der Waals surface area (Å²) in [6.07, 6.45) is 2.03. The lowest BCUT2D eigenvalue weighted by Gasteiger charge is -2.35. The Balaban J connectivity index is 1.78. The topological polar surface area (TPSA) is 56.9 Å². The van der Waals surface area contributed by atoms with Crippen LogP contribution < -0.4 is 4.90 Å². The van der Waals surface area contributed by atoms with Crippen molar-refractivity contribution in [3.8, 4) is 11.1 Å². The summed E-state index contributed by atoms with van der Waals surface area (Å²) in [6.45, 7) is 9.02. The van der Waals surface area contributed by atoms with Crippen molar-refractivity contribution in [2.45, 2.75) is 26.7 Å². The first kappa shape index (κ1) is 18.9. The van der Waals surface area contributed by atoms with Crippen LogP contribution in [-0.2, 0) is 6.42 Å². The van der Waals surface area contributed by atoms with Crippen LogP contribution in [0.5, 0.6) is 0 Å². The number of hydrogen-bond acceptors (Lipinski definition) is 5. The molecule has 1 N–H and O–H groups in total. The SMILES string of the molecule is CCCc1cc(N2CCN(CCO)CC2)n2nc(C)c(-c3ccccc3)c2n1. The van der Waals surface area contributed by atoms with Crippen molar-refractivity contribution in [1.29, 1.82) is 0 Å². The molecule has 3 aromatic rings. The predicted molar refractivity (Wildman–Crippen MR) is 113 cm³/mol. The van der Waals surface area contributed by atoms with Crippen LogP contribution >= 0.6 is 0 Å². The summed E-state index contributed by atoms with van der Waals surface area (Å²) in [6, 6.07) is 12.6. The molecular formula is C22H29N5O. The second kappa shape index (κ2) is 8.29. The van der Waals surface area contributed by atoms with Crippen LogP contribution in [0, 0.1) is 6.92 Å². The first-order valence-electron chi connectivity index (χ1n) is 10.2. The molecule has 0 atom stereocenters. The molecule has 3 heterocycles. The monoisotopic (exact) mass is 379 g/mol. The highest BCUT2D eigenvalue weighted by atomic mass is 16.3. The van der Waals surface area contributed by atoms with E-state index in [9.17, 15) is 5.11 Å². The maximum Gasteiger partial charge on any atom is 0.165 e. The smallest absolute Gasteiger partial charge is 0.165 e. The molecule has 0 radical (unpaired) electrons. The van der Waals surface area contributed by atoms with Gasteiger partial charge in [-0.2, -0.15) is 9.61 Å². The van der Waals surface area contributed by atoms with E-state index in [-0.39, 0.29) is 6.61 Å². The predicted octanol–water partition coefficient (Wildman–Crippen LogP) is 2.77. The quantitative estimate of drug-likeness (QED) is 0.714. The first-order chi connectivity index (χ1) is 13.7. The van der Waals surface area contributed by atoms with Crippen molar-refractivity contribution in [3.05, 3.63) is 47.8 Å². The molecule has 0 bridgehead atoms. The molecule has 1 saturated heterocycles. The molecular weight excluding hydrogens is 350 g/mol. The van der Waals surface area contributed by atoms with E-state index in [4.69, 9.17) is 10.1 Å². The fraction of sp³-hybridized carbons (Fsp3) is 0.455. The Morgan fingerprint density at radius 3 is 2.50 bits per heavy atom. The van der Waals surface area contributed by atoms with Crippen LogP contribution in [-0.4, -0.2) is 63.9 Å².